The van der Waals surface area contributed by atoms with Crippen molar-refractivity contribution in [2.45, 2.75) is 68.7 Å². The van der Waals surface area contributed by atoms with Crippen molar-refractivity contribution in [3.8, 4) is 0 Å². The normalized spacial score (nSPS) is 34.6. The van der Waals surface area contributed by atoms with Crippen molar-refractivity contribution in [1.29, 1.82) is 0 Å². The molecule has 2 saturated heterocycles. The van der Waals surface area contributed by atoms with Crippen molar-refractivity contribution in [2.75, 3.05) is 0 Å². The number of aliphatic hydroxyl groups excluding tert-OH is 1. The molecule has 2 fully saturated rings. The van der Waals surface area contributed by atoms with Gasteiger partial charge in [-0.05, 0) is 31.2 Å². The van der Waals surface area contributed by atoms with E-state index in [1.54, 1.807) is 0 Å². The summed E-state index contributed by atoms with van der Waals surface area (Å²) in [7, 11) is 0. The number of carboxylic acids is 3. The molecule has 10 heteroatoms. The van der Waals surface area contributed by atoms with Crippen molar-refractivity contribution < 1.29 is 49.4 Å². The van der Waals surface area contributed by atoms with Gasteiger partial charge in [0.2, 0.25) is 17.3 Å². The Balaban J connectivity index is 1.84. The van der Waals surface area contributed by atoms with Crippen LogP contribution in [0.1, 0.15) is 38.7 Å². The summed E-state index contributed by atoms with van der Waals surface area (Å²) in [5, 5.41) is 50.2. The lowest BCUT2D eigenvalue weighted by molar-refractivity contribution is -0.372. The topological polar surface area (TPSA) is 171 Å². The molecule has 0 aliphatic carbocycles. The molecule has 2 bridgehead atoms. The van der Waals surface area contributed by atoms with E-state index in [0.717, 1.165) is 17.6 Å². The number of allylic oxidation sites excluding steroid dienone is 2. The summed E-state index contributed by atoms with van der Waals surface area (Å²) in [6, 6.07) is 9.85. The minimum absolute atomic E-state index is 0.136. The summed E-state index contributed by atoms with van der Waals surface area (Å²) in [4.78, 5) is 35.6. The van der Waals surface area contributed by atoms with E-state index in [4.69, 9.17) is 9.47 Å². The molecule has 0 saturated carbocycles. The van der Waals surface area contributed by atoms with Crippen LogP contribution in [-0.2, 0) is 30.3 Å². The quantitative estimate of drug-likeness (QED) is 0.334. The summed E-state index contributed by atoms with van der Waals surface area (Å²) < 4.78 is 10.8. The van der Waals surface area contributed by atoms with Gasteiger partial charge < -0.3 is 35.0 Å². The van der Waals surface area contributed by atoms with Gasteiger partial charge in [0.25, 0.3) is 0 Å². The van der Waals surface area contributed by atoms with Crippen LogP contribution in [-0.4, -0.2) is 72.6 Å². The van der Waals surface area contributed by atoms with E-state index in [9.17, 15) is 39.9 Å². The van der Waals surface area contributed by atoms with Gasteiger partial charge in [0, 0.05) is 12.8 Å². The summed E-state index contributed by atoms with van der Waals surface area (Å²) in [6.07, 6.45) is -2.07. The fourth-order valence-corrected chi connectivity index (χ4v) is 4.73. The Morgan fingerprint density at radius 2 is 1.79 bits per heavy atom. The lowest BCUT2D eigenvalue weighted by atomic mass is 9.76. The van der Waals surface area contributed by atoms with E-state index >= 15 is 0 Å². The molecule has 1 aromatic rings. The van der Waals surface area contributed by atoms with Gasteiger partial charge in [-0.3, -0.25) is 0 Å². The maximum absolute atomic E-state index is 12.0. The molecule has 0 radical (unpaired) electrons. The van der Waals surface area contributed by atoms with Crippen LogP contribution < -0.4 is 0 Å². The van der Waals surface area contributed by atoms with Crippen LogP contribution in [0.3, 0.4) is 0 Å². The Hall–Kier alpha value is -2.79. The van der Waals surface area contributed by atoms with Crippen LogP contribution in [0.15, 0.2) is 42.0 Å². The molecule has 1 aromatic carbocycles. The van der Waals surface area contributed by atoms with Gasteiger partial charge in [-0.25, -0.2) is 14.4 Å². The Morgan fingerprint density at radius 1 is 1.15 bits per heavy atom. The zero-order valence-corrected chi connectivity index (χ0v) is 18.3. The average Bonchev–Trinajstić information content (AvgIpc) is 3.00. The molecule has 5 N–H and O–H groups in total. The summed E-state index contributed by atoms with van der Waals surface area (Å²) in [5.41, 5.74) is -4.31. The number of aliphatic hydroxyl groups is 2. The molecule has 180 valence electrons. The first-order chi connectivity index (χ1) is 15.4. The Labute approximate surface area is 190 Å². The molecule has 2 aliphatic rings. The highest BCUT2D eigenvalue weighted by Gasteiger charge is 2.80. The third-order valence-electron chi connectivity index (χ3n) is 6.38. The molecule has 1 unspecified atom stereocenters. The SMILES string of the molecule is C/C(=C\C(C)Cc1ccccc1)CC[C@]12O[C@H](C(=O)O)[C@@](O)(C(=O)O)[C@](C(=O)O)(C[C@H]1O)O2. The first-order valence-corrected chi connectivity index (χ1v) is 10.6. The number of hydrogen-bond donors (Lipinski definition) is 5. The number of aliphatic carboxylic acids is 3. The van der Waals surface area contributed by atoms with Gasteiger partial charge in [0.15, 0.2) is 5.79 Å². The zero-order chi connectivity index (χ0) is 24.6. The highest BCUT2D eigenvalue weighted by atomic mass is 16.8. The van der Waals surface area contributed by atoms with Gasteiger partial charge in [0.05, 0.1) is 0 Å². The van der Waals surface area contributed by atoms with Crippen molar-refractivity contribution >= 4 is 17.9 Å². The van der Waals surface area contributed by atoms with Gasteiger partial charge in [0.1, 0.15) is 6.10 Å². The maximum atomic E-state index is 12.0. The predicted molar refractivity (Wildman–Crippen MR) is 112 cm³/mol. The number of rotatable bonds is 9. The highest BCUT2D eigenvalue weighted by molar-refractivity contribution is 5.97. The molecular weight excluding hydrogens is 436 g/mol. The van der Waals surface area contributed by atoms with E-state index in [1.807, 2.05) is 50.3 Å². The predicted octanol–water partition coefficient (Wildman–Crippen LogP) is 1.19. The standard InChI is InChI=1S/C23H28O10/c1-13(10-14(2)11-15-6-4-3-5-7-15)8-9-22-16(24)12-21(33-22,19(27)28)23(31,20(29)30)17(32-22)18(25)26/h3-7,10,14,16-17,24,31H,8-9,11-12H2,1-2H3,(H,25,26)(H,27,28)(H,29,30)/b13-10+/t14?,16-,17-,21-,22-,23-/m1/s1. The molecule has 0 amide bonds. The first kappa shape index (κ1) is 24.8. The molecule has 0 aromatic heterocycles. The third-order valence-corrected chi connectivity index (χ3v) is 6.38. The van der Waals surface area contributed by atoms with E-state index in [2.05, 4.69) is 0 Å². The third kappa shape index (κ3) is 4.15. The van der Waals surface area contributed by atoms with E-state index in [0.29, 0.717) is 0 Å². The molecular formula is C23H28O10. The van der Waals surface area contributed by atoms with Crippen molar-refractivity contribution in [1.82, 2.24) is 0 Å². The molecule has 10 nitrogen and oxygen atoms in total. The minimum atomic E-state index is -3.44. The van der Waals surface area contributed by atoms with Crippen LogP contribution in [0, 0.1) is 5.92 Å². The summed E-state index contributed by atoms with van der Waals surface area (Å²) in [5.74, 6) is -7.84. The highest BCUT2D eigenvalue weighted by Crippen LogP contribution is 2.54. The fraction of sp³-hybridized carbons (Fsp3) is 0.522. The smallest absolute Gasteiger partial charge is 0.342 e. The van der Waals surface area contributed by atoms with Gasteiger partial charge in [-0.15, -0.1) is 0 Å². The summed E-state index contributed by atoms with van der Waals surface area (Å²) >= 11 is 0. The molecule has 6 atom stereocenters. The second-order valence-electron chi connectivity index (χ2n) is 8.85. The van der Waals surface area contributed by atoms with E-state index in [-0.39, 0.29) is 18.8 Å². The first-order valence-electron chi connectivity index (χ1n) is 10.6. The minimum Gasteiger partial charge on any atom is -0.479 e. The largest absolute Gasteiger partial charge is 0.479 e. The van der Waals surface area contributed by atoms with Gasteiger partial charge in [-0.2, -0.15) is 0 Å². The van der Waals surface area contributed by atoms with E-state index in [1.165, 1.54) is 0 Å². The van der Waals surface area contributed by atoms with Crippen LogP contribution in [0.4, 0.5) is 0 Å². The van der Waals surface area contributed by atoms with Gasteiger partial charge >= 0.3 is 17.9 Å². The van der Waals surface area contributed by atoms with Crippen LogP contribution in [0.2, 0.25) is 0 Å². The Morgan fingerprint density at radius 3 is 2.33 bits per heavy atom. The number of carbonyl (C=O) groups is 3. The lowest BCUT2D eigenvalue weighted by Crippen LogP contribution is -2.75. The zero-order valence-electron chi connectivity index (χ0n) is 18.3. The number of carboxylic acid groups (broad SMARTS) is 3. The second kappa shape index (κ2) is 8.86. The number of hydrogen-bond acceptors (Lipinski definition) is 7. The molecule has 3 rings (SSSR count). The Bertz CT molecular complexity index is 959. The molecule has 33 heavy (non-hydrogen) atoms. The Kier molecular flexibility index (Phi) is 6.67. The van der Waals surface area contributed by atoms with E-state index < -0.39 is 53.5 Å². The second-order valence-corrected chi connectivity index (χ2v) is 8.85. The number of benzene rings is 1. The molecule has 2 heterocycles. The lowest BCUT2D eigenvalue weighted by Gasteiger charge is -2.48. The molecule has 2 aliphatic heterocycles. The molecule has 0 spiro atoms. The maximum Gasteiger partial charge on any atom is 0.342 e. The number of fused-ring (bicyclic) bond motifs is 2. The monoisotopic (exact) mass is 464 g/mol. The van der Waals surface area contributed by atoms with Gasteiger partial charge in [-0.1, -0.05) is 48.9 Å². The van der Waals surface area contributed by atoms with Crippen molar-refractivity contribution in [3.05, 3.63) is 47.5 Å². The fourth-order valence-electron chi connectivity index (χ4n) is 4.73. The van der Waals surface area contributed by atoms with Crippen LogP contribution >= 0.6 is 0 Å². The van der Waals surface area contributed by atoms with Crippen LogP contribution in [0.25, 0.3) is 0 Å². The summed E-state index contributed by atoms with van der Waals surface area (Å²) in [6.45, 7) is 3.85. The number of ether oxygens (including phenoxy) is 2. The van der Waals surface area contributed by atoms with Crippen LogP contribution in [0.5, 0.6) is 0 Å². The van der Waals surface area contributed by atoms with Crippen molar-refractivity contribution in [2.24, 2.45) is 5.92 Å². The van der Waals surface area contributed by atoms with Crippen molar-refractivity contribution in [3.63, 3.8) is 0 Å². The average molecular weight is 464 g/mol.